The fourth-order valence-corrected chi connectivity index (χ4v) is 5.85. The highest BCUT2D eigenvalue weighted by Gasteiger charge is 2.43. The first-order valence-corrected chi connectivity index (χ1v) is 10.0. The van der Waals surface area contributed by atoms with E-state index in [0.717, 1.165) is 32.5 Å². The van der Waals surface area contributed by atoms with Gasteiger partial charge in [-0.3, -0.25) is 0 Å². The Morgan fingerprint density at radius 3 is 2.75 bits per heavy atom. The lowest BCUT2D eigenvalue weighted by Crippen LogP contribution is -2.52. The fraction of sp³-hybridized carbons (Fsp3) is 0.933. The molecule has 3 nitrogen and oxygen atoms in total. The summed E-state index contributed by atoms with van der Waals surface area (Å²) >= 11 is 3.79. The molecule has 3 heterocycles. The first kappa shape index (κ1) is 15.0. The molecule has 0 saturated carbocycles. The number of rotatable bonds is 2. The number of hydrogen-bond donors (Lipinski definition) is 0. The van der Waals surface area contributed by atoms with Crippen LogP contribution < -0.4 is 0 Å². The van der Waals surface area contributed by atoms with E-state index in [2.05, 4.69) is 17.2 Å². The van der Waals surface area contributed by atoms with E-state index in [9.17, 15) is 5.26 Å². The van der Waals surface area contributed by atoms with Crippen LogP contribution in [0.2, 0.25) is 0 Å². The normalized spacial score (nSPS) is 37.9. The number of nitrogens with zero attached hydrogens (tertiary/aromatic N) is 2. The van der Waals surface area contributed by atoms with E-state index in [-0.39, 0.29) is 10.3 Å². The number of likely N-dealkylation sites (tertiary alicyclic amines) is 1. The summed E-state index contributed by atoms with van der Waals surface area (Å²) < 4.78 is 6.00. The summed E-state index contributed by atoms with van der Waals surface area (Å²) in [7, 11) is 0. The SMILES string of the molecule is CSC1(C#N)CCN(C2CCOC3(CCSC3)C2)CC1. The highest BCUT2D eigenvalue weighted by Crippen LogP contribution is 2.41. The third-order valence-electron chi connectivity index (χ3n) is 5.25. The van der Waals surface area contributed by atoms with Crippen molar-refractivity contribution in [3.63, 3.8) is 0 Å². The van der Waals surface area contributed by atoms with Gasteiger partial charge in [-0.1, -0.05) is 0 Å². The predicted octanol–water partition coefficient (Wildman–Crippen LogP) is 2.76. The quantitative estimate of drug-likeness (QED) is 0.783. The average molecular weight is 313 g/mol. The minimum Gasteiger partial charge on any atom is -0.374 e. The summed E-state index contributed by atoms with van der Waals surface area (Å²) in [6.07, 6.45) is 7.73. The molecule has 2 unspecified atom stereocenters. The van der Waals surface area contributed by atoms with Gasteiger partial charge in [-0.15, -0.1) is 11.8 Å². The largest absolute Gasteiger partial charge is 0.374 e. The molecular weight excluding hydrogens is 288 g/mol. The van der Waals surface area contributed by atoms with Crippen LogP contribution in [0.3, 0.4) is 0 Å². The van der Waals surface area contributed by atoms with E-state index in [1.807, 2.05) is 11.8 Å². The third kappa shape index (κ3) is 2.85. The predicted molar refractivity (Wildman–Crippen MR) is 86.3 cm³/mol. The van der Waals surface area contributed by atoms with Crippen molar-refractivity contribution < 1.29 is 4.74 Å². The Morgan fingerprint density at radius 2 is 2.15 bits per heavy atom. The average Bonchev–Trinajstić information content (AvgIpc) is 2.95. The summed E-state index contributed by atoms with van der Waals surface area (Å²) in [4.78, 5) is 2.64. The monoisotopic (exact) mass is 312 g/mol. The van der Waals surface area contributed by atoms with Crippen molar-refractivity contribution in [1.82, 2.24) is 4.90 Å². The second-order valence-electron chi connectivity index (χ2n) is 6.33. The van der Waals surface area contributed by atoms with E-state index in [1.54, 1.807) is 11.8 Å². The summed E-state index contributed by atoms with van der Waals surface area (Å²) in [6, 6.07) is 3.23. The maximum absolute atomic E-state index is 9.39. The van der Waals surface area contributed by atoms with Crippen LogP contribution in [0.25, 0.3) is 0 Å². The van der Waals surface area contributed by atoms with Gasteiger partial charge in [-0.05, 0) is 44.1 Å². The Kier molecular flexibility index (Phi) is 4.57. The summed E-state index contributed by atoms with van der Waals surface area (Å²) in [5.41, 5.74) is 0.177. The molecule has 0 amide bonds. The van der Waals surface area contributed by atoms with Gasteiger partial charge in [0.1, 0.15) is 4.75 Å². The Bertz CT molecular complexity index is 382. The van der Waals surface area contributed by atoms with Crippen molar-refractivity contribution in [1.29, 1.82) is 5.26 Å². The van der Waals surface area contributed by atoms with Crippen molar-refractivity contribution in [2.45, 2.75) is 48.5 Å². The number of thioether (sulfide) groups is 2. The molecule has 2 atom stereocenters. The number of ether oxygens (including phenoxy) is 1. The van der Waals surface area contributed by atoms with Gasteiger partial charge in [0.25, 0.3) is 0 Å². The summed E-state index contributed by atoms with van der Waals surface area (Å²) in [5, 5.41) is 9.39. The molecule has 0 bridgehead atoms. The lowest BCUT2D eigenvalue weighted by Gasteiger charge is -2.46. The molecule has 0 aromatic carbocycles. The second-order valence-corrected chi connectivity index (χ2v) is 8.62. The molecule has 3 fully saturated rings. The standard InChI is InChI=1S/C15H24N2OS2/c1-19-15(11-16)3-6-17(7-4-15)13-2-8-18-14(10-13)5-9-20-12-14/h13H,2-10,12H2,1H3. The molecule has 5 heteroatoms. The van der Waals surface area contributed by atoms with E-state index in [1.165, 1.54) is 30.8 Å². The molecule has 0 aromatic heterocycles. The lowest BCUT2D eigenvalue weighted by atomic mass is 9.87. The molecule has 0 N–H and O–H groups in total. The Labute approximate surface area is 130 Å². The zero-order valence-electron chi connectivity index (χ0n) is 12.3. The topological polar surface area (TPSA) is 36.3 Å². The van der Waals surface area contributed by atoms with Crippen molar-refractivity contribution in [3.8, 4) is 6.07 Å². The Morgan fingerprint density at radius 1 is 1.35 bits per heavy atom. The van der Waals surface area contributed by atoms with Gasteiger partial charge >= 0.3 is 0 Å². The van der Waals surface area contributed by atoms with Gasteiger partial charge in [-0.2, -0.15) is 17.0 Å². The smallest absolute Gasteiger partial charge is 0.104 e. The second kappa shape index (κ2) is 6.08. The minimum atomic E-state index is -0.122. The van der Waals surface area contributed by atoms with Crippen LogP contribution in [-0.4, -0.2) is 58.7 Å². The number of piperidine rings is 1. The van der Waals surface area contributed by atoms with Crippen LogP contribution in [0.4, 0.5) is 0 Å². The van der Waals surface area contributed by atoms with E-state index in [0.29, 0.717) is 6.04 Å². The van der Waals surface area contributed by atoms with Crippen LogP contribution >= 0.6 is 23.5 Å². The van der Waals surface area contributed by atoms with Gasteiger partial charge in [0.05, 0.1) is 11.7 Å². The molecule has 3 aliphatic rings. The fourth-order valence-electron chi connectivity index (χ4n) is 3.79. The van der Waals surface area contributed by atoms with Crippen LogP contribution in [0.15, 0.2) is 0 Å². The Balaban J connectivity index is 1.59. The summed E-state index contributed by atoms with van der Waals surface area (Å²) in [5.74, 6) is 2.45. The molecule has 3 aliphatic heterocycles. The molecule has 1 spiro atoms. The van der Waals surface area contributed by atoms with Crippen molar-refractivity contribution in [2.24, 2.45) is 0 Å². The molecule has 112 valence electrons. The van der Waals surface area contributed by atoms with E-state index < -0.39 is 0 Å². The number of hydrogen-bond acceptors (Lipinski definition) is 5. The van der Waals surface area contributed by atoms with Gasteiger partial charge in [0.15, 0.2) is 0 Å². The molecule has 0 radical (unpaired) electrons. The van der Waals surface area contributed by atoms with Crippen LogP contribution in [0.1, 0.15) is 32.1 Å². The Hall–Kier alpha value is 0.110. The molecule has 0 aliphatic carbocycles. The van der Waals surface area contributed by atoms with Crippen molar-refractivity contribution >= 4 is 23.5 Å². The van der Waals surface area contributed by atoms with E-state index in [4.69, 9.17) is 4.74 Å². The lowest BCUT2D eigenvalue weighted by molar-refractivity contribution is -0.0918. The summed E-state index contributed by atoms with van der Waals surface area (Å²) in [6.45, 7) is 3.10. The maximum Gasteiger partial charge on any atom is 0.104 e. The molecular formula is C15H24N2OS2. The van der Waals surface area contributed by atoms with Crippen molar-refractivity contribution in [3.05, 3.63) is 0 Å². The van der Waals surface area contributed by atoms with Gasteiger partial charge in [0, 0.05) is 31.5 Å². The minimum absolute atomic E-state index is 0.122. The van der Waals surface area contributed by atoms with Gasteiger partial charge < -0.3 is 9.64 Å². The highest BCUT2D eigenvalue weighted by molar-refractivity contribution is 8.00. The molecule has 0 aromatic rings. The first-order chi connectivity index (χ1) is 9.71. The molecule has 3 saturated heterocycles. The van der Waals surface area contributed by atoms with Crippen LogP contribution in [0, 0.1) is 11.3 Å². The van der Waals surface area contributed by atoms with E-state index >= 15 is 0 Å². The molecule has 20 heavy (non-hydrogen) atoms. The van der Waals surface area contributed by atoms with Crippen molar-refractivity contribution in [2.75, 3.05) is 37.5 Å². The first-order valence-electron chi connectivity index (χ1n) is 7.63. The molecule has 3 rings (SSSR count). The van der Waals surface area contributed by atoms with Gasteiger partial charge in [-0.25, -0.2) is 0 Å². The number of nitriles is 1. The maximum atomic E-state index is 9.39. The highest BCUT2D eigenvalue weighted by atomic mass is 32.2. The van der Waals surface area contributed by atoms with Crippen LogP contribution in [0.5, 0.6) is 0 Å². The third-order valence-corrected chi connectivity index (χ3v) is 7.75. The zero-order chi connectivity index (χ0) is 14.1. The van der Waals surface area contributed by atoms with Crippen LogP contribution in [-0.2, 0) is 4.74 Å². The van der Waals surface area contributed by atoms with Gasteiger partial charge in [0.2, 0.25) is 0 Å². The zero-order valence-corrected chi connectivity index (χ0v) is 13.9.